The first-order valence-corrected chi connectivity index (χ1v) is 7.35. The fourth-order valence-electron chi connectivity index (χ4n) is 2.97. The Balaban J connectivity index is 1.88. The van der Waals surface area contributed by atoms with Gasteiger partial charge in [0.15, 0.2) is 0 Å². The summed E-state index contributed by atoms with van der Waals surface area (Å²) in [5.41, 5.74) is 2.07. The highest BCUT2D eigenvalue weighted by Crippen LogP contribution is 2.36. The average molecular weight is 289 g/mol. The lowest BCUT2D eigenvalue weighted by Gasteiger charge is -2.14. The summed E-state index contributed by atoms with van der Waals surface area (Å²) in [6.45, 7) is 4.53. The third-order valence-corrected chi connectivity index (χ3v) is 3.91. The van der Waals surface area contributed by atoms with Crippen LogP contribution < -0.4 is 14.8 Å². The highest BCUT2D eigenvalue weighted by atomic mass is 16.5. The lowest BCUT2D eigenvalue weighted by atomic mass is 9.95. The van der Waals surface area contributed by atoms with Crippen LogP contribution in [0.15, 0.2) is 12.1 Å². The summed E-state index contributed by atoms with van der Waals surface area (Å²) in [6, 6.07) is 3.96. The Labute approximate surface area is 123 Å². The van der Waals surface area contributed by atoms with E-state index >= 15 is 0 Å². The monoisotopic (exact) mass is 289 g/mol. The molecular formula is C16H19NO4. The minimum atomic E-state index is -0.311. The molecule has 0 aliphatic carbocycles. The predicted molar refractivity (Wildman–Crippen MR) is 76.4 cm³/mol. The summed E-state index contributed by atoms with van der Waals surface area (Å²) in [5.74, 6) is 0.951. The van der Waals surface area contributed by atoms with Gasteiger partial charge in [-0.2, -0.15) is 0 Å². The molecule has 0 aromatic heterocycles. The SMILES string of the molecule is CCOc1cc2c(cc1CC1CC(=O)NC1=O)OC(C)C2. The fraction of sp³-hybridized carbons (Fsp3) is 0.500. The van der Waals surface area contributed by atoms with Gasteiger partial charge in [-0.05, 0) is 38.0 Å². The lowest BCUT2D eigenvalue weighted by Crippen LogP contribution is -2.23. The predicted octanol–water partition coefficient (Wildman–Crippen LogP) is 1.61. The van der Waals surface area contributed by atoms with Gasteiger partial charge in [-0.15, -0.1) is 0 Å². The molecule has 2 atom stereocenters. The number of fused-ring (bicyclic) bond motifs is 1. The molecule has 1 fully saturated rings. The van der Waals surface area contributed by atoms with E-state index in [1.54, 1.807) is 0 Å². The number of imide groups is 1. The molecule has 112 valence electrons. The quantitative estimate of drug-likeness (QED) is 0.855. The van der Waals surface area contributed by atoms with Gasteiger partial charge in [0.25, 0.3) is 0 Å². The summed E-state index contributed by atoms with van der Waals surface area (Å²) < 4.78 is 11.5. The van der Waals surface area contributed by atoms with Gasteiger partial charge >= 0.3 is 0 Å². The van der Waals surface area contributed by atoms with Crippen LogP contribution in [0, 0.1) is 5.92 Å². The Hall–Kier alpha value is -2.04. The average Bonchev–Trinajstić information content (AvgIpc) is 2.91. The van der Waals surface area contributed by atoms with E-state index in [1.165, 1.54) is 0 Å². The second-order valence-electron chi connectivity index (χ2n) is 5.65. The first kappa shape index (κ1) is 13.9. The first-order chi connectivity index (χ1) is 10.1. The largest absolute Gasteiger partial charge is 0.494 e. The van der Waals surface area contributed by atoms with E-state index in [0.29, 0.717) is 13.0 Å². The summed E-state index contributed by atoms with van der Waals surface area (Å²) in [4.78, 5) is 23.0. The van der Waals surface area contributed by atoms with Crippen molar-refractivity contribution in [2.24, 2.45) is 5.92 Å². The molecule has 21 heavy (non-hydrogen) atoms. The van der Waals surface area contributed by atoms with Gasteiger partial charge < -0.3 is 9.47 Å². The number of benzene rings is 1. The number of hydrogen-bond acceptors (Lipinski definition) is 4. The number of hydrogen-bond donors (Lipinski definition) is 1. The number of ether oxygens (including phenoxy) is 2. The van der Waals surface area contributed by atoms with Gasteiger partial charge in [0.05, 0.1) is 12.5 Å². The van der Waals surface area contributed by atoms with Gasteiger partial charge in [-0.3, -0.25) is 14.9 Å². The number of rotatable bonds is 4. The zero-order valence-corrected chi connectivity index (χ0v) is 12.3. The summed E-state index contributed by atoms with van der Waals surface area (Å²) in [5, 5.41) is 2.35. The van der Waals surface area contributed by atoms with Crippen LogP contribution in [0.3, 0.4) is 0 Å². The molecule has 1 N–H and O–H groups in total. The molecule has 0 radical (unpaired) electrons. The van der Waals surface area contributed by atoms with Crippen molar-refractivity contribution in [2.75, 3.05) is 6.61 Å². The van der Waals surface area contributed by atoms with Crippen molar-refractivity contribution >= 4 is 11.8 Å². The molecule has 1 saturated heterocycles. The van der Waals surface area contributed by atoms with Crippen LogP contribution in [0.25, 0.3) is 0 Å². The highest BCUT2D eigenvalue weighted by molar-refractivity contribution is 6.03. The van der Waals surface area contributed by atoms with Crippen LogP contribution in [-0.2, 0) is 22.4 Å². The van der Waals surface area contributed by atoms with E-state index in [1.807, 2.05) is 26.0 Å². The van der Waals surface area contributed by atoms with Crippen molar-refractivity contribution < 1.29 is 19.1 Å². The molecule has 1 aromatic carbocycles. The van der Waals surface area contributed by atoms with Gasteiger partial charge in [-0.25, -0.2) is 0 Å². The molecule has 0 bridgehead atoms. The van der Waals surface area contributed by atoms with Gasteiger partial charge in [0.2, 0.25) is 11.8 Å². The molecule has 2 aliphatic rings. The first-order valence-electron chi connectivity index (χ1n) is 7.35. The third kappa shape index (κ3) is 2.73. The van der Waals surface area contributed by atoms with E-state index in [-0.39, 0.29) is 30.3 Å². The molecule has 5 nitrogen and oxygen atoms in total. The summed E-state index contributed by atoms with van der Waals surface area (Å²) in [6.07, 6.45) is 1.79. The smallest absolute Gasteiger partial charge is 0.230 e. The molecule has 2 aliphatic heterocycles. The number of amides is 2. The Kier molecular flexibility index (Phi) is 3.57. The molecule has 2 heterocycles. The van der Waals surface area contributed by atoms with E-state index in [0.717, 1.165) is 29.0 Å². The van der Waals surface area contributed by atoms with Crippen LogP contribution in [0.5, 0.6) is 11.5 Å². The standard InChI is InChI=1S/C16H19NO4/c1-3-20-13-6-10-4-9(2)21-14(10)7-11(13)5-12-8-15(18)17-16(12)19/h6-7,9,12H,3-5,8H2,1-2H3,(H,17,18,19). The van der Waals surface area contributed by atoms with Gasteiger partial charge in [0.1, 0.15) is 17.6 Å². The zero-order chi connectivity index (χ0) is 15.0. The maximum atomic E-state index is 11.7. The van der Waals surface area contributed by atoms with Crippen LogP contribution in [0.4, 0.5) is 0 Å². The topological polar surface area (TPSA) is 64.6 Å². The molecule has 1 aromatic rings. The Morgan fingerprint density at radius 3 is 2.81 bits per heavy atom. The Morgan fingerprint density at radius 2 is 2.14 bits per heavy atom. The number of nitrogens with one attached hydrogen (secondary N) is 1. The minimum Gasteiger partial charge on any atom is -0.494 e. The van der Waals surface area contributed by atoms with E-state index in [2.05, 4.69) is 5.32 Å². The summed E-state index contributed by atoms with van der Waals surface area (Å²) in [7, 11) is 0. The van der Waals surface area contributed by atoms with Crippen LogP contribution in [0.2, 0.25) is 0 Å². The van der Waals surface area contributed by atoms with E-state index < -0.39 is 0 Å². The minimum absolute atomic E-state index is 0.168. The summed E-state index contributed by atoms with van der Waals surface area (Å²) >= 11 is 0. The molecule has 2 amide bonds. The zero-order valence-electron chi connectivity index (χ0n) is 12.3. The molecule has 5 heteroatoms. The fourth-order valence-corrected chi connectivity index (χ4v) is 2.97. The van der Waals surface area contributed by atoms with Crippen LogP contribution in [0.1, 0.15) is 31.4 Å². The molecular weight excluding hydrogens is 270 g/mol. The Bertz CT molecular complexity index is 596. The second-order valence-corrected chi connectivity index (χ2v) is 5.65. The lowest BCUT2D eigenvalue weighted by molar-refractivity contribution is -0.125. The molecule has 2 unspecified atom stereocenters. The van der Waals surface area contributed by atoms with Crippen LogP contribution in [-0.4, -0.2) is 24.5 Å². The highest BCUT2D eigenvalue weighted by Gasteiger charge is 2.32. The van der Waals surface area contributed by atoms with Crippen molar-refractivity contribution in [3.05, 3.63) is 23.3 Å². The van der Waals surface area contributed by atoms with Crippen molar-refractivity contribution in [3.8, 4) is 11.5 Å². The van der Waals surface area contributed by atoms with Crippen LogP contribution >= 0.6 is 0 Å². The molecule has 3 rings (SSSR count). The van der Waals surface area contributed by atoms with Gasteiger partial charge in [-0.1, -0.05) is 0 Å². The second kappa shape index (κ2) is 5.39. The van der Waals surface area contributed by atoms with Crippen molar-refractivity contribution in [1.29, 1.82) is 0 Å². The van der Waals surface area contributed by atoms with E-state index in [9.17, 15) is 9.59 Å². The van der Waals surface area contributed by atoms with Gasteiger partial charge in [0, 0.05) is 18.4 Å². The Morgan fingerprint density at radius 1 is 1.33 bits per heavy atom. The third-order valence-electron chi connectivity index (χ3n) is 3.91. The maximum Gasteiger partial charge on any atom is 0.230 e. The van der Waals surface area contributed by atoms with Crippen molar-refractivity contribution in [3.63, 3.8) is 0 Å². The maximum absolute atomic E-state index is 11.7. The number of carbonyl (C=O) groups is 2. The normalized spacial score (nSPS) is 23.7. The van der Waals surface area contributed by atoms with Crippen molar-refractivity contribution in [2.45, 2.75) is 39.2 Å². The van der Waals surface area contributed by atoms with E-state index in [4.69, 9.17) is 9.47 Å². The number of carbonyl (C=O) groups excluding carboxylic acids is 2. The molecule has 0 spiro atoms. The van der Waals surface area contributed by atoms with Crippen molar-refractivity contribution in [1.82, 2.24) is 5.32 Å². The molecule has 0 saturated carbocycles.